The van der Waals surface area contributed by atoms with Gasteiger partial charge in [0.1, 0.15) is 5.82 Å². The van der Waals surface area contributed by atoms with E-state index in [4.69, 9.17) is 5.73 Å². The Morgan fingerprint density at radius 2 is 1.81 bits per heavy atom. The fourth-order valence-corrected chi connectivity index (χ4v) is 3.09. The van der Waals surface area contributed by atoms with Crippen molar-refractivity contribution in [2.45, 2.75) is 11.8 Å². The third kappa shape index (κ3) is 4.93. The number of hydrogen-bond acceptors (Lipinski definition) is 3. The minimum Gasteiger partial charge on any atom is -0.323 e. The lowest BCUT2D eigenvalue weighted by atomic mass is 10.1. The van der Waals surface area contributed by atoms with E-state index in [1.165, 1.54) is 18.2 Å². The van der Waals surface area contributed by atoms with Crippen LogP contribution >= 0.6 is 0 Å². The summed E-state index contributed by atoms with van der Waals surface area (Å²) in [4.78, 5) is 0. The van der Waals surface area contributed by atoms with Crippen LogP contribution in [0.5, 0.6) is 0 Å². The number of nitrogens with two attached hydrogens (primary N) is 1. The fraction of sp³-hybridized carbons (Fsp3) is 0.200. The number of benzene rings is 2. The minimum absolute atomic E-state index is 0.0989. The summed E-state index contributed by atoms with van der Waals surface area (Å²) < 4.78 is 39.4. The summed E-state index contributed by atoms with van der Waals surface area (Å²) >= 11 is 0. The van der Waals surface area contributed by atoms with Gasteiger partial charge in [0.2, 0.25) is 10.0 Å². The Balaban J connectivity index is 1.95. The molecule has 2 aromatic carbocycles. The summed E-state index contributed by atoms with van der Waals surface area (Å²) in [5, 5.41) is 0. The van der Waals surface area contributed by atoms with E-state index >= 15 is 0 Å². The molecule has 0 heterocycles. The van der Waals surface area contributed by atoms with Crippen molar-refractivity contribution in [3.63, 3.8) is 0 Å². The lowest BCUT2D eigenvalue weighted by molar-refractivity contribution is 0.571. The summed E-state index contributed by atoms with van der Waals surface area (Å²) in [5.74, 6) is -0.726. The maximum Gasteiger partial charge on any atom is 0.215 e. The van der Waals surface area contributed by atoms with Crippen molar-refractivity contribution in [1.82, 2.24) is 4.72 Å². The molecule has 0 radical (unpaired) electrons. The van der Waals surface area contributed by atoms with Gasteiger partial charge in [0.25, 0.3) is 0 Å². The maximum atomic E-state index is 13.0. The topological polar surface area (TPSA) is 72.2 Å². The first-order valence-corrected chi connectivity index (χ1v) is 8.14. The van der Waals surface area contributed by atoms with Crippen LogP contribution in [0.2, 0.25) is 0 Å². The zero-order valence-corrected chi connectivity index (χ0v) is 12.2. The van der Waals surface area contributed by atoms with Crippen molar-refractivity contribution >= 4 is 10.0 Å². The molecule has 0 aliphatic heterocycles. The molecule has 2 aromatic rings. The molecular formula is C15H17FN2O2S. The Bertz CT molecular complexity index is 690. The van der Waals surface area contributed by atoms with Crippen LogP contribution in [0.25, 0.3) is 0 Å². The first kappa shape index (κ1) is 15.6. The van der Waals surface area contributed by atoms with Gasteiger partial charge in [-0.3, -0.25) is 0 Å². The summed E-state index contributed by atoms with van der Waals surface area (Å²) in [6, 6.07) is 14.3. The third-order valence-corrected chi connectivity index (χ3v) is 4.32. The highest BCUT2D eigenvalue weighted by Crippen LogP contribution is 2.10. The molecule has 0 fully saturated rings. The average molecular weight is 308 g/mol. The molecule has 0 aliphatic carbocycles. The SMILES string of the molecule is N[C@H](CNS(=O)(=O)Cc1cccc(F)c1)c1ccccc1. The largest absolute Gasteiger partial charge is 0.323 e. The van der Waals surface area contributed by atoms with Crippen molar-refractivity contribution in [2.75, 3.05) is 6.54 Å². The molecule has 3 N–H and O–H groups in total. The molecular weight excluding hydrogens is 291 g/mol. The zero-order chi connectivity index (χ0) is 15.3. The fourth-order valence-electron chi connectivity index (χ4n) is 1.93. The Hall–Kier alpha value is -1.76. The molecule has 0 spiro atoms. The maximum absolute atomic E-state index is 13.0. The van der Waals surface area contributed by atoms with Crippen molar-refractivity contribution in [3.05, 3.63) is 71.5 Å². The normalized spacial score (nSPS) is 13.0. The van der Waals surface area contributed by atoms with Gasteiger partial charge in [-0.2, -0.15) is 0 Å². The highest BCUT2D eigenvalue weighted by atomic mass is 32.2. The Morgan fingerprint density at radius 1 is 1.10 bits per heavy atom. The van der Waals surface area contributed by atoms with Crippen LogP contribution < -0.4 is 10.5 Å². The van der Waals surface area contributed by atoms with Gasteiger partial charge in [0.05, 0.1) is 5.75 Å². The molecule has 0 amide bonds. The van der Waals surface area contributed by atoms with Crippen molar-refractivity contribution in [1.29, 1.82) is 0 Å². The van der Waals surface area contributed by atoms with Crippen LogP contribution in [0.1, 0.15) is 17.2 Å². The summed E-state index contributed by atoms with van der Waals surface area (Å²) in [5.41, 5.74) is 7.18. The number of sulfonamides is 1. The molecule has 0 unspecified atom stereocenters. The standard InChI is InChI=1S/C15H17FN2O2S/c16-14-8-4-5-12(9-14)11-21(19,20)18-10-15(17)13-6-2-1-3-7-13/h1-9,15,18H,10-11,17H2/t15-/m1/s1. The molecule has 6 heteroatoms. The van der Waals surface area contributed by atoms with Crippen molar-refractivity contribution < 1.29 is 12.8 Å². The first-order chi connectivity index (χ1) is 9.96. The van der Waals surface area contributed by atoms with Gasteiger partial charge < -0.3 is 5.73 Å². The van der Waals surface area contributed by atoms with Crippen LogP contribution in [-0.4, -0.2) is 15.0 Å². The van der Waals surface area contributed by atoms with E-state index in [0.29, 0.717) is 5.56 Å². The van der Waals surface area contributed by atoms with Gasteiger partial charge in [0, 0.05) is 12.6 Å². The number of hydrogen-bond donors (Lipinski definition) is 2. The van der Waals surface area contributed by atoms with Gasteiger partial charge >= 0.3 is 0 Å². The molecule has 4 nitrogen and oxygen atoms in total. The summed E-state index contributed by atoms with van der Waals surface area (Å²) in [6.45, 7) is 0.0989. The van der Waals surface area contributed by atoms with E-state index in [9.17, 15) is 12.8 Å². The lowest BCUT2D eigenvalue weighted by Crippen LogP contribution is -2.32. The molecule has 0 aliphatic rings. The van der Waals surface area contributed by atoms with Crippen LogP contribution in [0.15, 0.2) is 54.6 Å². The third-order valence-electron chi connectivity index (χ3n) is 3.00. The van der Waals surface area contributed by atoms with Crippen molar-refractivity contribution in [2.24, 2.45) is 5.73 Å². The molecule has 0 bridgehead atoms. The monoisotopic (exact) mass is 308 g/mol. The second-order valence-corrected chi connectivity index (χ2v) is 6.56. The average Bonchev–Trinajstić information content (AvgIpc) is 2.45. The number of rotatable bonds is 6. The van der Waals surface area contributed by atoms with Gasteiger partial charge in [-0.15, -0.1) is 0 Å². The van der Waals surface area contributed by atoms with Crippen LogP contribution in [0.4, 0.5) is 4.39 Å². The predicted molar refractivity (Wildman–Crippen MR) is 80.4 cm³/mol. The number of nitrogens with one attached hydrogen (secondary N) is 1. The van der Waals surface area contributed by atoms with Crippen LogP contribution in [-0.2, 0) is 15.8 Å². The van der Waals surface area contributed by atoms with Crippen LogP contribution in [0.3, 0.4) is 0 Å². The lowest BCUT2D eigenvalue weighted by Gasteiger charge is -2.13. The Labute approximate surface area is 123 Å². The van der Waals surface area contributed by atoms with E-state index in [2.05, 4.69) is 4.72 Å². The molecule has 0 aromatic heterocycles. The zero-order valence-electron chi connectivity index (χ0n) is 11.4. The molecule has 0 saturated heterocycles. The first-order valence-electron chi connectivity index (χ1n) is 6.48. The predicted octanol–water partition coefficient (Wildman–Crippen LogP) is 1.95. The summed E-state index contributed by atoms with van der Waals surface area (Å²) in [6.07, 6.45) is 0. The van der Waals surface area contributed by atoms with E-state index in [0.717, 1.165) is 5.56 Å². The van der Waals surface area contributed by atoms with Gasteiger partial charge in [-0.25, -0.2) is 17.5 Å². The second kappa shape index (κ2) is 6.80. The molecule has 2 rings (SSSR count). The quantitative estimate of drug-likeness (QED) is 0.856. The van der Waals surface area contributed by atoms with Crippen LogP contribution in [0, 0.1) is 5.82 Å². The van der Waals surface area contributed by atoms with E-state index < -0.39 is 21.9 Å². The molecule has 0 saturated carbocycles. The van der Waals surface area contributed by atoms with Gasteiger partial charge in [-0.05, 0) is 23.3 Å². The molecule has 21 heavy (non-hydrogen) atoms. The highest BCUT2D eigenvalue weighted by Gasteiger charge is 2.14. The Kier molecular flexibility index (Phi) is 5.06. The van der Waals surface area contributed by atoms with E-state index in [-0.39, 0.29) is 12.3 Å². The highest BCUT2D eigenvalue weighted by molar-refractivity contribution is 7.88. The number of halogens is 1. The Morgan fingerprint density at radius 3 is 2.48 bits per heavy atom. The smallest absolute Gasteiger partial charge is 0.215 e. The van der Waals surface area contributed by atoms with Gasteiger partial charge in [0.15, 0.2) is 0 Å². The van der Waals surface area contributed by atoms with E-state index in [1.807, 2.05) is 30.3 Å². The van der Waals surface area contributed by atoms with Gasteiger partial charge in [-0.1, -0.05) is 42.5 Å². The minimum atomic E-state index is -3.55. The summed E-state index contributed by atoms with van der Waals surface area (Å²) in [7, 11) is -3.55. The molecule has 112 valence electrons. The molecule has 1 atom stereocenters. The second-order valence-electron chi connectivity index (χ2n) is 4.75. The van der Waals surface area contributed by atoms with E-state index in [1.54, 1.807) is 6.07 Å². The van der Waals surface area contributed by atoms with Crippen molar-refractivity contribution in [3.8, 4) is 0 Å².